The van der Waals surface area contributed by atoms with Crippen LogP contribution >= 0.6 is 0 Å². The summed E-state index contributed by atoms with van der Waals surface area (Å²) in [7, 11) is -19.5. The van der Waals surface area contributed by atoms with Crippen molar-refractivity contribution in [3.63, 3.8) is 0 Å². The molecule has 7 aromatic rings. The molecule has 426 valence electrons. The quantitative estimate of drug-likeness (QED) is 0.0116. The highest BCUT2D eigenvalue weighted by Crippen LogP contribution is 2.46. The highest BCUT2D eigenvalue weighted by Gasteiger charge is 2.31. The summed E-state index contributed by atoms with van der Waals surface area (Å²) in [4.78, 5) is 25.0. The number of ether oxygens (including phenoxy) is 2. The van der Waals surface area contributed by atoms with Crippen molar-refractivity contribution in [3.05, 3.63) is 115 Å². The lowest BCUT2D eigenvalue weighted by Crippen LogP contribution is -2.40. The fraction of sp³-hybridized carbons (Fsp3) is 0.321. The number of aromatic hydroxyl groups is 1. The Labute approximate surface area is 467 Å². The number of aromatic nitrogens is 3. The molecule has 80 heavy (non-hydrogen) atoms. The molecule has 6 aromatic carbocycles. The molecule has 7 rings (SSSR count). The highest BCUT2D eigenvalue weighted by molar-refractivity contribution is 7.86. The van der Waals surface area contributed by atoms with Crippen LogP contribution in [0.25, 0.3) is 21.5 Å². The molecule has 1 heterocycles. The molecule has 4 N–H and O–H groups in total. The smallest absolute Gasteiger partial charge is 0.307 e. The van der Waals surface area contributed by atoms with Gasteiger partial charge in [0.05, 0.1) is 26.8 Å². The third-order valence-corrected chi connectivity index (χ3v) is 26.5. The molecule has 0 amide bonds. The molecule has 0 unspecified atom stereocenters. The first kappa shape index (κ1) is 60.7. The summed E-state index contributed by atoms with van der Waals surface area (Å²) in [6.45, 7) is 14.1. The van der Waals surface area contributed by atoms with Crippen molar-refractivity contribution >= 4 is 115 Å². The van der Waals surface area contributed by atoms with Crippen LogP contribution in [0.5, 0.6) is 11.5 Å². The molecule has 0 aliphatic carbocycles. The number of anilines is 5. The topological polar surface area (TPSA) is 330 Å². The first-order valence-corrected chi connectivity index (χ1v) is 36.7. The van der Waals surface area contributed by atoms with Gasteiger partial charge in [-0.1, -0.05) is 111 Å². The predicted octanol–water partition coefficient (Wildman–Crippen LogP) is 9.66. The largest absolute Gasteiger partial charge is 0.744 e. The molecule has 0 bridgehead atoms. The minimum Gasteiger partial charge on any atom is -0.744 e. The number of benzene rings is 6. The summed E-state index contributed by atoms with van der Waals surface area (Å²) in [5, 5.41) is 28.7. The number of nitrogens with zero attached hydrogens (tertiary/aromatic N) is 6. The summed E-state index contributed by atoms with van der Waals surface area (Å²) >= 11 is 0. The van der Waals surface area contributed by atoms with E-state index in [1.165, 1.54) is 29.9 Å². The number of phenolic OH excluding ortho intramolecular Hbond substituents is 1. The first-order chi connectivity index (χ1) is 37.8. The maximum absolute atomic E-state index is 12.8. The Morgan fingerprint density at radius 2 is 1.35 bits per heavy atom. The van der Waals surface area contributed by atoms with Gasteiger partial charge in [0, 0.05) is 52.2 Å². The molecule has 0 atom stereocenters. The Balaban J connectivity index is 1.09. The van der Waals surface area contributed by atoms with E-state index in [1.807, 2.05) is 67.6 Å². The van der Waals surface area contributed by atoms with E-state index in [4.69, 9.17) is 14.5 Å². The first-order valence-electron chi connectivity index (χ1n) is 25.6. The molecule has 0 saturated carbocycles. The lowest BCUT2D eigenvalue weighted by atomic mass is 10.1. The van der Waals surface area contributed by atoms with Crippen LogP contribution in [0.2, 0.25) is 43.9 Å². The van der Waals surface area contributed by atoms with Crippen molar-refractivity contribution in [2.75, 3.05) is 54.9 Å². The fourth-order valence-corrected chi connectivity index (χ4v) is 25.7. The van der Waals surface area contributed by atoms with Gasteiger partial charge in [-0.05, 0) is 85.6 Å². The molecule has 0 aliphatic rings. The minimum atomic E-state index is -5.59. The van der Waals surface area contributed by atoms with Crippen molar-refractivity contribution in [2.45, 2.75) is 84.8 Å². The molecule has 27 heteroatoms. The van der Waals surface area contributed by atoms with Crippen molar-refractivity contribution in [1.82, 2.24) is 20.3 Å². The molecule has 1 aromatic heterocycles. The van der Waals surface area contributed by atoms with Gasteiger partial charge in [0.2, 0.25) is 17.8 Å². The normalized spacial score (nSPS) is 12.5. The molecular weight excluding hydrogens is 1120 g/mol. The van der Waals surface area contributed by atoms with E-state index in [2.05, 4.69) is 62.3 Å². The second-order valence-electron chi connectivity index (χ2n) is 20.3. The van der Waals surface area contributed by atoms with Gasteiger partial charge in [0.25, 0.3) is 0 Å². The van der Waals surface area contributed by atoms with Gasteiger partial charge >= 0.3 is 5.97 Å². The van der Waals surface area contributed by atoms with Crippen LogP contribution in [-0.4, -0.2) is 120 Å². The second-order valence-corrected chi connectivity index (χ2v) is 35.5. The van der Waals surface area contributed by atoms with Crippen LogP contribution in [0, 0.1) is 0 Å². The van der Waals surface area contributed by atoms with Gasteiger partial charge in [0.1, 0.15) is 60.7 Å². The average molecular weight is 1190 g/mol. The highest BCUT2D eigenvalue weighted by atomic mass is 32.2. The number of para-hydroxylation sites is 2. The third kappa shape index (κ3) is 16.6. The number of hydrogen-bond acceptors (Lipinski definition) is 22. The van der Waals surface area contributed by atoms with E-state index >= 15 is 0 Å². The third-order valence-electron chi connectivity index (χ3n) is 12.9. The maximum Gasteiger partial charge on any atom is 0.307 e. The average Bonchev–Trinajstić information content (AvgIpc) is 3.60. The Morgan fingerprint density at radius 1 is 0.700 bits per heavy atom. The fourth-order valence-electron chi connectivity index (χ4n) is 9.61. The molecule has 0 spiro atoms. The number of fused-ring (bicyclic) bond motifs is 2. The van der Waals surface area contributed by atoms with Crippen molar-refractivity contribution < 1.29 is 58.3 Å². The zero-order valence-electron chi connectivity index (χ0n) is 44.7. The summed E-state index contributed by atoms with van der Waals surface area (Å²) in [5.41, 5.74) is -0.0163. The number of esters is 1. The number of carbonyl (C=O) groups excluding carboxylic acids is 1. The Morgan fingerprint density at radius 3 is 2.01 bits per heavy atom. The van der Waals surface area contributed by atoms with E-state index in [9.17, 15) is 48.8 Å². The minimum absolute atomic E-state index is 0.0313. The van der Waals surface area contributed by atoms with Gasteiger partial charge in [-0.3, -0.25) is 4.79 Å². The van der Waals surface area contributed by atoms with Crippen molar-refractivity contribution in [1.29, 1.82) is 0 Å². The summed E-state index contributed by atoms with van der Waals surface area (Å²) < 4.78 is 125. The molecule has 0 aliphatic heterocycles. The molecule has 0 fully saturated rings. The number of nitrogens with one attached hydrogen (secondary N) is 3. The van der Waals surface area contributed by atoms with E-state index < -0.39 is 83.7 Å². The molecule has 0 radical (unpaired) electrons. The number of hydrogen-bond donors (Lipinski definition) is 4. The van der Waals surface area contributed by atoms with Crippen LogP contribution in [0.15, 0.2) is 140 Å². The number of carbonyl (C=O) groups is 1. The lowest BCUT2D eigenvalue weighted by Gasteiger charge is -2.32. The molecular formula is C53H62N9O13S3Si2-3. The van der Waals surface area contributed by atoms with Crippen LogP contribution in [0.1, 0.15) is 26.2 Å². The van der Waals surface area contributed by atoms with Gasteiger partial charge in [-0.15, -0.1) is 10.2 Å². The SMILES string of the molecule is CCN(c1ccccc1)c1nc(NCCC[Si](C)(C)C[Si](C)(C)CCCNCCC(=O)OCCOc2ccccc2)nc(Nc2cc(S(=O)(=O)[O-])cc3cc(S(=O)(=O)[O-])c(N=Nc4ccc5ccccc5c4S(=O)(=O)[O-])c(O)c23)n1. The zero-order valence-corrected chi connectivity index (χ0v) is 49.2. The Hall–Kier alpha value is -6.96. The lowest BCUT2D eigenvalue weighted by molar-refractivity contribution is -0.144. The molecule has 22 nitrogen and oxygen atoms in total. The van der Waals surface area contributed by atoms with Gasteiger partial charge in [-0.25, -0.2) is 25.3 Å². The van der Waals surface area contributed by atoms with Crippen LogP contribution in [-0.2, 0) is 39.9 Å². The Bertz CT molecular complexity index is 3720. The standard InChI is InChI=1S/C53H65N9O13S3Si2/c1-6-62(39-18-9-7-10-19-39)53-58-51(55-27-16-32-80(4,5)36-79(2,3)31-15-26-54-28-25-46(63)75-30-29-74-40-20-11-8-12-21-40)57-52(59-53)56-44-35-41(76(65,66)67)33-38-34-45(77(68,69)70)48(49(64)47(38)44)61-60-43-24-23-37-17-13-14-22-42(37)50(43)78(71,72)73/h7-14,17-24,33-35,54,64H,6,15-16,25-32,36H2,1-5H3,(H,65,66,67)(H,68,69,70)(H,71,72,73)(H2,55,56,57,58,59)/p-3. The second kappa shape index (κ2) is 26.1. The zero-order chi connectivity index (χ0) is 57.9. The van der Waals surface area contributed by atoms with Crippen molar-refractivity contribution in [3.8, 4) is 11.5 Å². The number of rotatable bonds is 28. The van der Waals surface area contributed by atoms with E-state index in [0.29, 0.717) is 36.8 Å². The van der Waals surface area contributed by atoms with E-state index in [0.717, 1.165) is 55.4 Å². The monoisotopic (exact) mass is 1180 g/mol. The van der Waals surface area contributed by atoms with Crippen LogP contribution in [0.3, 0.4) is 0 Å². The summed E-state index contributed by atoms with van der Waals surface area (Å²) in [5.74, 6) is -0.603. The predicted molar refractivity (Wildman–Crippen MR) is 307 cm³/mol. The summed E-state index contributed by atoms with van der Waals surface area (Å²) in [6, 6.07) is 31.4. The van der Waals surface area contributed by atoms with Crippen molar-refractivity contribution in [2.24, 2.45) is 10.2 Å². The van der Waals surface area contributed by atoms with Crippen LogP contribution in [0.4, 0.5) is 40.6 Å². The number of phenols is 1. The summed E-state index contributed by atoms with van der Waals surface area (Å²) in [6.07, 6.45) is 2.04. The number of azo groups is 1. The van der Waals surface area contributed by atoms with Crippen LogP contribution < -0.4 is 25.6 Å². The van der Waals surface area contributed by atoms with E-state index in [1.54, 1.807) is 11.0 Å². The van der Waals surface area contributed by atoms with Gasteiger partial charge < -0.3 is 49.1 Å². The molecule has 0 saturated heterocycles. The Kier molecular flexibility index (Phi) is 19.8. The van der Waals surface area contributed by atoms with Gasteiger partial charge in [-0.2, -0.15) is 15.0 Å². The van der Waals surface area contributed by atoms with Gasteiger partial charge in [0.15, 0.2) is 5.75 Å². The maximum atomic E-state index is 12.8. The van der Waals surface area contributed by atoms with E-state index in [-0.39, 0.29) is 59.9 Å².